The van der Waals surface area contributed by atoms with Gasteiger partial charge in [-0.1, -0.05) is 26.2 Å². The minimum Gasteiger partial charge on any atom is -0.328 e. The van der Waals surface area contributed by atoms with Crippen LogP contribution < -0.4 is 5.73 Å². The van der Waals surface area contributed by atoms with Crippen molar-refractivity contribution >= 4 is 11.8 Å². The molecule has 0 heterocycles. The molecular weight excluding hydrogens is 190 g/mol. The molecule has 0 radical (unpaired) electrons. The Hall–Kier alpha value is 0.310. The van der Waals surface area contributed by atoms with Crippen molar-refractivity contribution in [1.82, 2.24) is 0 Å². The van der Waals surface area contributed by atoms with Gasteiger partial charge >= 0.3 is 0 Å². The van der Waals surface area contributed by atoms with Crippen LogP contribution in [0.25, 0.3) is 0 Å². The van der Waals surface area contributed by atoms with Gasteiger partial charge < -0.3 is 5.73 Å². The molecular formula is C12H25NS. The lowest BCUT2D eigenvalue weighted by Gasteiger charge is -2.21. The highest BCUT2D eigenvalue weighted by atomic mass is 32.2. The van der Waals surface area contributed by atoms with E-state index in [1.54, 1.807) is 0 Å². The second-order valence-electron chi connectivity index (χ2n) is 4.44. The van der Waals surface area contributed by atoms with Crippen LogP contribution in [0.1, 0.15) is 58.3 Å². The molecule has 0 aromatic heterocycles. The molecule has 14 heavy (non-hydrogen) atoms. The standard InChI is InChI=1S/C12H25NS/c1-2-11(13)7-6-10-14-12-8-4-3-5-9-12/h11-12H,2-10,13H2,1H3. The number of thioether (sulfide) groups is 1. The highest BCUT2D eigenvalue weighted by Crippen LogP contribution is 2.28. The molecule has 84 valence electrons. The molecule has 0 aromatic rings. The first-order valence-electron chi connectivity index (χ1n) is 6.20. The predicted molar refractivity (Wildman–Crippen MR) is 66.8 cm³/mol. The Labute approximate surface area is 93.2 Å². The van der Waals surface area contributed by atoms with E-state index in [0.29, 0.717) is 6.04 Å². The van der Waals surface area contributed by atoms with Crippen molar-refractivity contribution in [1.29, 1.82) is 0 Å². The monoisotopic (exact) mass is 215 g/mol. The van der Waals surface area contributed by atoms with Crippen LogP contribution in [0.3, 0.4) is 0 Å². The van der Waals surface area contributed by atoms with E-state index in [-0.39, 0.29) is 0 Å². The third-order valence-electron chi connectivity index (χ3n) is 3.15. The maximum Gasteiger partial charge on any atom is 0.00470 e. The molecule has 2 heteroatoms. The van der Waals surface area contributed by atoms with Gasteiger partial charge in [-0.25, -0.2) is 0 Å². The molecule has 1 saturated carbocycles. The van der Waals surface area contributed by atoms with Gasteiger partial charge in [0.1, 0.15) is 0 Å². The smallest absolute Gasteiger partial charge is 0.00470 e. The molecule has 1 rings (SSSR count). The van der Waals surface area contributed by atoms with Crippen LogP contribution in [0, 0.1) is 0 Å². The predicted octanol–water partition coefficient (Wildman–Crippen LogP) is 3.57. The number of hydrogen-bond donors (Lipinski definition) is 1. The minimum atomic E-state index is 0.446. The Morgan fingerprint density at radius 1 is 1.29 bits per heavy atom. The van der Waals surface area contributed by atoms with Crippen molar-refractivity contribution < 1.29 is 0 Å². The molecule has 0 aliphatic heterocycles. The SMILES string of the molecule is CCC(N)CCCSC1CCCCC1. The summed E-state index contributed by atoms with van der Waals surface area (Å²) in [6.07, 6.45) is 11.0. The first-order valence-corrected chi connectivity index (χ1v) is 7.25. The Kier molecular flexibility index (Phi) is 6.70. The van der Waals surface area contributed by atoms with Crippen LogP contribution in [0.4, 0.5) is 0 Å². The molecule has 1 fully saturated rings. The van der Waals surface area contributed by atoms with Crippen LogP contribution in [0.2, 0.25) is 0 Å². The zero-order valence-corrected chi connectivity index (χ0v) is 10.3. The van der Waals surface area contributed by atoms with Crippen LogP contribution in [0.15, 0.2) is 0 Å². The van der Waals surface area contributed by atoms with Crippen molar-refractivity contribution in [2.75, 3.05) is 5.75 Å². The van der Waals surface area contributed by atoms with Gasteiger partial charge in [-0.05, 0) is 37.9 Å². The summed E-state index contributed by atoms with van der Waals surface area (Å²) < 4.78 is 0. The summed E-state index contributed by atoms with van der Waals surface area (Å²) in [5.74, 6) is 1.33. The average Bonchev–Trinajstić information content (AvgIpc) is 2.25. The van der Waals surface area contributed by atoms with Gasteiger partial charge in [-0.15, -0.1) is 0 Å². The third kappa shape index (κ3) is 5.26. The van der Waals surface area contributed by atoms with Gasteiger partial charge in [0.05, 0.1) is 0 Å². The lowest BCUT2D eigenvalue weighted by molar-refractivity contribution is 0.515. The van der Waals surface area contributed by atoms with Gasteiger partial charge in [0.25, 0.3) is 0 Å². The number of hydrogen-bond acceptors (Lipinski definition) is 2. The molecule has 0 saturated heterocycles. The lowest BCUT2D eigenvalue weighted by atomic mass is 10.0. The van der Waals surface area contributed by atoms with Gasteiger partial charge in [-0.3, -0.25) is 0 Å². The summed E-state index contributed by atoms with van der Waals surface area (Å²) in [6.45, 7) is 2.18. The molecule has 1 unspecified atom stereocenters. The van der Waals surface area contributed by atoms with Crippen molar-refractivity contribution in [2.45, 2.75) is 69.6 Å². The summed E-state index contributed by atoms with van der Waals surface area (Å²) in [7, 11) is 0. The fourth-order valence-corrected chi connectivity index (χ4v) is 3.36. The van der Waals surface area contributed by atoms with Gasteiger partial charge in [-0.2, -0.15) is 11.8 Å². The first kappa shape index (κ1) is 12.4. The Balaban J connectivity index is 1.92. The molecule has 1 aliphatic carbocycles. The van der Waals surface area contributed by atoms with E-state index in [1.807, 2.05) is 0 Å². The van der Waals surface area contributed by atoms with Crippen LogP contribution in [-0.2, 0) is 0 Å². The second kappa shape index (κ2) is 7.58. The van der Waals surface area contributed by atoms with Crippen molar-refractivity contribution in [2.24, 2.45) is 5.73 Å². The van der Waals surface area contributed by atoms with Gasteiger partial charge in [0, 0.05) is 11.3 Å². The summed E-state index contributed by atoms with van der Waals surface area (Å²) >= 11 is 2.19. The van der Waals surface area contributed by atoms with E-state index in [1.165, 1.54) is 50.7 Å². The Morgan fingerprint density at radius 3 is 2.64 bits per heavy atom. The molecule has 2 N–H and O–H groups in total. The highest BCUT2D eigenvalue weighted by molar-refractivity contribution is 7.99. The topological polar surface area (TPSA) is 26.0 Å². The maximum atomic E-state index is 5.88. The van der Waals surface area contributed by atoms with Crippen molar-refractivity contribution in [3.05, 3.63) is 0 Å². The second-order valence-corrected chi connectivity index (χ2v) is 5.85. The summed E-state index contributed by atoms with van der Waals surface area (Å²) in [5, 5.41) is 0.974. The zero-order valence-electron chi connectivity index (χ0n) is 9.50. The molecule has 0 aromatic carbocycles. The maximum absolute atomic E-state index is 5.88. The Bertz CT molecular complexity index is 132. The molecule has 1 nitrogen and oxygen atoms in total. The van der Waals surface area contributed by atoms with E-state index in [4.69, 9.17) is 5.73 Å². The highest BCUT2D eigenvalue weighted by Gasteiger charge is 2.13. The number of rotatable bonds is 6. The summed E-state index contributed by atoms with van der Waals surface area (Å²) in [6, 6.07) is 0.446. The van der Waals surface area contributed by atoms with E-state index in [2.05, 4.69) is 18.7 Å². The van der Waals surface area contributed by atoms with Gasteiger partial charge in [0.15, 0.2) is 0 Å². The largest absolute Gasteiger partial charge is 0.328 e. The minimum absolute atomic E-state index is 0.446. The first-order chi connectivity index (χ1) is 6.83. The van der Waals surface area contributed by atoms with E-state index < -0.39 is 0 Å². The van der Waals surface area contributed by atoms with E-state index in [0.717, 1.165) is 11.7 Å². The van der Waals surface area contributed by atoms with Crippen LogP contribution >= 0.6 is 11.8 Å². The molecule has 0 spiro atoms. The molecule has 0 bridgehead atoms. The summed E-state index contributed by atoms with van der Waals surface area (Å²) in [5.41, 5.74) is 5.88. The fourth-order valence-electron chi connectivity index (χ4n) is 2.03. The summed E-state index contributed by atoms with van der Waals surface area (Å²) in [4.78, 5) is 0. The molecule has 0 amide bonds. The van der Waals surface area contributed by atoms with Crippen molar-refractivity contribution in [3.8, 4) is 0 Å². The molecule has 1 aliphatic rings. The van der Waals surface area contributed by atoms with Crippen LogP contribution in [-0.4, -0.2) is 17.0 Å². The fraction of sp³-hybridized carbons (Fsp3) is 1.00. The van der Waals surface area contributed by atoms with Crippen molar-refractivity contribution in [3.63, 3.8) is 0 Å². The van der Waals surface area contributed by atoms with E-state index >= 15 is 0 Å². The normalized spacial score (nSPS) is 21.0. The third-order valence-corrected chi connectivity index (χ3v) is 4.62. The quantitative estimate of drug-likeness (QED) is 0.686. The Morgan fingerprint density at radius 2 is 2.00 bits per heavy atom. The van der Waals surface area contributed by atoms with E-state index in [9.17, 15) is 0 Å². The average molecular weight is 215 g/mol. The molecule has 1 atom stereocenters. The van der Waals surface area contributed by atoms with Gasteiger partial charge in [0.2, 0.25) is 0 Å². The lowest BCUT2D eigenvalue weighted by Crippen LogP contribution is -2.18. The van der Waals surface area contributed by atoms with Crippen LogP contribution in [0.5, 0.6) is 0 Å². The number of nitrogens with two attached hydrogens (primary N) is 1. The zero-order chi connectivity index (χ0) is 10.2.